The molecule has 0 aromatic heterocycles. The van der Waals surface area contributed by atoms with Crippen LogP contribution in [0.5, 0.6) is 0 Å². The highest BCUT2D eigenvalue weighted by Gasteiger charge is 2.32. The Bertz CT molecular complexity index is 469. The number of rotatable bonds is 4. The number of benzene rings is 1. The second-order valence-corrected chi connectivity index (χ2v) is 5.87. The zero-order valence-corrected chi connectivity index (χ0v) is 12.8. The maximum absolute atomic E-state index is 13.4. The van der Waals surface area contributed by atoms with Crippen molar-refractivity contribution in [1.82, 2.24) is 5.32 Å². The molecule has 1 aromatic carbocycles. The van der Waals surface area contributed by atoms with Crippen LogP contribution in [0.25, 0.3) is 0 Å². The van der Waals surface area contributed by atoms with Gasteiger partial charge in [0.25, 0.3) is 0 Å². The molecule has 0 radical (unpaired) electrons. The summed E-state index contributed by atoms with van der Waals surface area (Å²) in [5.41, 5.74) is 0.416. The van der Waals surface area contributed by atoms with Crippen LogP contribution >= 0.6 is 0 Å². The van der Waals surface area contributed by atoms with Crippen LogP contribution in [0.4, 0.5) is 18.9 Å². The molecule has 118 valence electrons. The first-order valence-corrected chi connectivity index (χ1v) is 7.60. The number of nitrogens with zero attached hydrogens (tertiary/aromatic N) is 1. The van der Waals surface area contributed by atoms with Gasteiger partial charge >= 0.3 is 0 Å². The van der Waals surface area contributed by atoms with Gasteiger partial charge in [-0.05, 0) is 32.2 Å². The molecule has 3 atom stereocenters. The van der Waals surface area contributed by atoms with E-state index in [1.807, 2.05) is 11.8 Å². The number of hydrogen-bond donors (Lipinski definition) is 1. The highest BCUT2D eigenvalue weighted by atomic mass is 19.2. The fourth-order valence-corrected chi connectivity index (χ4v) is 3.05. The smallest absolute Gasteiger partial charge is 0.194 e. The van der Waals surface area contributed by atoms with Crippen molar-refractivity contribution in [2.24, 2.45) is 5.92 Å². The van der Waals surface area contributed by atoms with Gasteiger partial charge in [-0.1, -0.05) is 13.8 Å². The van der Waals surface area contributed by atoms with Gasteiger partial charge in [-0.3, -0.25) is 0 Å². The Hall–Kier alpha value is -1.23. The van der Waals surface area contributed by atoms with E-state index in [1.165, 1.54) is 0 Å². The maximum atomic E-state index is 13.4. The summed E-state index contributed by atoms with van der Waals surface area (Å²) < 4.78 is 39.9. The first-order chi connectivity index (χ1) is 9.95. The summed E-state index contributed by atoms with van der Waals surface area (Å²) in [6.45, 7) is 7.99. The van der Waals surface area contributed by atoms with Crippen molar-refractivity contribution in [3.8, 4) is 0 Å². The van der Waals surface area contributed by atoms with Crippen molar-refractivity contribution in [2.45, 2.75) is 45.7 Å². The summed E-state index contributed by atoms with van der Waals surface area (Å²) in [5, 5.41) is 3.52. The van der Waals surface area contributed by atoms with Crippen molar-refractivity contribution >= 4 is 5.69 Å². The van der Waals surface area contributed by atoms with Crippen LogP contribution in [-0.2, 0) is 0 Å². The van der Waals surface area contributed by atoms with Crippen LogP contribution < -0.4 is 10.2 Å². The van der Waals surface area contributed by atoms with Crippen molar-refractivity contribution in [2.75, 3.05) is 18.0 Å². The Morgan fingerprint density at radius 1 is 1.19 bits per heavy atom. The minimum Gasteiger partial charge on any atom is -0.368 e. The second-order valence-electron chi connectivity index (χ2n) is 5.87. The SMILES string of the molecule is CCCNC1CCN(c2cc(F)c(F)c(F)c2)C(C)C1C. The Morgan fingerprint density at radius 3 is 2.38 bits per heavy atom. The van der Waals surface area contributed by atoms with Gasteiger partial charge in [0.05, 0.1) is 0 Å². The number of halogens is 3. The lowest BCUT2D eigenvalue weighted by molar-refractivity contribution is 0.271. The molecule has 1 saturated heterocycles. The van der Waals surface area contributed by atoms with Crippen molar-refractivity contribution < 1.29 is 13.2 Å². The van der Waals surface area contributed by atoms with Crippen LogP contribution in [0.1, 0.15) is 33.6 Å². The first kappa shape index (κ1) is 16.1. The molecule has 0 amide bonds. The highest BCUT2D eigenvalue weighted by molar-refractivity contribution is 5.49. The van der Waals surface area contributed by atoms with E-state index in [0.29, 0.717) is 24.2 Å². The fourth-order valence-electron chi connectivity index (χ4n) is 3.05. The number of anilines is 1. The summed E-state index contributed by atoms with van der Waals surface area (Å²) in [6.07, 6.45) is 1.99. The molecule has 21 heavy (non-hydrogen) atoms. The normalized spacial score (nSPS) is 26.2. The average Bonchev–Trinajstić information content (AvgIpc) is 2.46. The van der Waals surface area contributed by atoms with Crippen LogP contribution in [0.15, 0.2) is 12.1 Å². The van der Waals surface area contributed by atoms with Crippen molar-refractivity contribution in [1.29, 1.82) is 0 Å². The maximum Gasteiger partial charge on any atom is 0.194 e. The monoisotopic (exact) mass is 300 g/mol. The van der Waals surface area contributed by atoms with Crippen LogP contribution in [0, 0.1) is 23.4 Å². The molecule has 1 heterocycles. The first-order valence-electron chi connectivity index (χ1n) is 7.60. The summed E-state index contributed by atoms with van der Waals surface area (Å²) in [7, 11) is 0. The van der Waals surface area contributed by atoms with Gasteiger partial charge in [0, 0.05) is 36.4 Å². The minimum atomic E-state index is -1.40. The Morgan fingerprint density at radius 2 is 1.81 bits per heavy atom. The molecule has 0 bridgehead atoms. The minimum absolute atomic E-state index is 0.136. The van der Waals surface area contributed by atoms with E-state index in [1.54, 1.807) is 0 Å². The van der Waals surface area contributed by atoms with Gasteiger partial charge in [-0.15, -0.1) is 0 Å². The molecule has 0 spiro atoms. The second kappa shape index (κ2) is 6.69. The van der Waals surface area contributed by atoms with Crippen LogP contribution in [0.2, 0.25) is 0 Å². The zero-order chi connectivity index (χ0) is 15.6. The van der Waals surface area contributed by atoms with Crippen molar-refractivity contribution in [3.05, 3.63) is 29.6 Å². The molecule has 5 heteroatoms. The lowest BCUT2D eigenvalue weighted by atomic mass is 9.86. The molecule has 2 rings (SSSR count). The van der Waals surface area contributed by atoms with E-state index < -0.39 is 17.5 Å². The van der Waals surface area contributed by atoms with E-state index in [9.17, 15) is 13.2 Å². The van der Waals surface area contributed by atoms with Crippen LogP contribution in [0.3, 0.4) is 0 Å². The third-order valence-electron chi connectivity index (χ3n) is 4.52. The molecule has 2 nitrogen and oxygen atoms in total. The molecule has 0 aliphatic carbocycles. The fraction of sp³-hybridized carbons (Fsp3) is 0.625. The zero-order valence-electron chi connectivity index (χ0n) is 12.8. The molecule has 1 aromatic rings. The molecule has 0 saturated carbocycles. The van der Waals surface area contributed by atoms with E-state index in [2.05, 4.69) is 19.2 Å². The third kappa shape index (κ3) is 3.34. The van der Waals surface area contributed by atoms with Gasteiger partial charge in [-0.2, -0.15) is 0 Å². The number of piperidine rings is 1. The summed E-state index contributed by atoms with van der Waals surface area (Å²) in [4.78, 5) is 1.96. The predicted molar refractivity (Wildman–Crippen MR) is 79.0 cm³/mol. The summed E-state index contributed by atoms with van der Waals surface area (Å²) in [5.74, 6) is -3.31. The Kier molecular flexibility index (Phi) is 5.14. The van der Waals surface area contributed by atoms with Crippen LogP contribution in [-0.4, -0.2) is 25.2 Å². The molecular formula is C16H23F3N2. The highest BCUT2D eigenvalue weighted by Crippen LogP contribution is 2.30. The number of hydrogen-bond acceptors (Lipinski definition) is 2. The topological polar surface area (TPSA) is 15.3 Å². The standard InChI is InChI=1S/C16H23F3N2/c1-4-6-20-15-5-7-21(11(3)10(15)2)12-8-13(17)16(19)14(18)9-12/h8-11,15,20H,4-7H2,1-3H3. The van der Waals surface area contributed by atoms with Crippen molar-refractivity contribution in [3.63, 3.8) is 0 Å². The number of nitrogens with one attached hydrogen (secondary N) is 1. The predicted octanol–water partition coefficient (Wildman–Crippen LogP) is 3.71. The van der Waals surface area contributed by atoms with E-state index >= 15 is 0 Å². The molecule has 1 aliphatic heterocycles. The lowest BCUT2D eigenvalue weighted by Gasteiger charge is -2.44. The van der Waals surface area contributed by atoms with Gasteiger partial charge in [0.1, 0.15) is 0 Å². The van der Waals surface area contributed by atoms with E-state index in [-0.39, 0.29) is 6.04 Å². The van der Waals surface area contributed by atoms with Gasteiger partial charge in [-0.25, -0.2) is 13.2 Å². The molecule has 1 N–H and O–H groups in total. The molecular weight excluding hydrogens is 277 g/mol. The average molecular weight is 300 g/mol. The lowest BCUT2D eigenvalue weighted by Crippen LogP contribution is -2.53. The third-order valence-corrected chi connectivity index (χ3v) is 4.52. The van der Waals surface area contributed by atoms with E-state index in [4.69, 9.17) is 0 Å². The van der Waals surface area contributed by atoms with Gasteiger partial charge in [0.15, 0.2) is 17.5 Å². The molecule has 1 aliphatic rings. The Balaban J connectivity index is 2.16. The summed E-state index contributed by atoms with van der Waals surface area (Å²) >= 11 is 0. The molecule has 3 unspecified atom stereocenters. The van der Waals surface area contributed by atoms with E-state index in [0.717, 1.165) is 31.5 Å². The Labute approximate surface area is 124 Å². The largest absolute Gasteiger partial charge is 0.368 e. The van der Waals surface area contributed by atoms with Gasteiger partial charge < -0.3 is 10.2 Å². The quantitative estimate of drug-likeness (QED) is 0.853. The summed E-state index contributed by atoms with van der Waals surface area (Å²) in [6, 6.07) is 2.71. The molecule has 1 fully saturated rings. The van der Waals surface area contributed by atoms with Gasteiger partial charge in [0.2, 0.25) is 0 Å².